The quantitative estimate of drug-likeness (QED) is 0.215. The molecule has 1 saturated carbocycles. The van der Waals surface area contributed by atoms with Gasteiger partial charge in [0.1, 0.15) is 5.41 Å². The number of ether oxygens (including phenoxy) is 5. The molecule has 0 spiro atoms. The zero-order valence-electron chi connectivity index (χ0n) is 26.6. The van der Waals surface area contributed by atoms with Crippen molar-refractivity contribution in [3.63, 3.8) is 0 Å². The van der Waals surface area contributed by atoms with Crippen molar-refractivity contribution in [3.8, 4) is 0 Å². The Balaban J connectivity index is 1.60. The van der Waals surface area contributed by atoms with Gasteiger partial charge in [0.05, 0.1) is 50.2 Å². The lowest BCUT2D eigenvalue weighted by Gasteiger charge is -2.61. The van der Waals surface area contributed by atoms with E-state index >= 15 is 0 Å². The maximum absolute atomic E-state index is 14.0. The van der Waals surface area contributed by atoms with Crippen molar-refractivity contribution in [2.45, 2.75) is 103 Å². The fourth-order valence-electron chi connectivity index (χ4n) is 7.02. The second-order valence-electron chi connectivity index (χ2n) is 15.0. The highest BCUT2D eigenvalue weighted by Gasteiger charge is 2.75. The molecule has 5 rings (SSSR count). The smallest absolute Gasteiger partial charge is 0.317 e. The zero-order valence-corrected chi connectivity index (χ0v) is 27.6. The van der Waals surface area contributed by atoms with Gasteiger partial charge in [-0.25, -0.2) is 0 Å². The molecule has 3 fully saturated rings. The summed E-state index contributed by atoms with van der Waals surface area (Å²) in [4.78, 5) is 26.8. The summed E-state index contributed by atoms with van der Waals surface area (Å²) in [6.45, 7) is 17.0. The topological polar surface area (TPSA) is 89.5 Å². The molecule has 9 heteroatoms. The van der Waals surface area contributed by atoms with E-state index < -0.39 is 43.1 Å². The number of carbonyl (C=O) groups is 2. The Morgan fingerprint density at radius 1 is 1.02 bits per heavy atom. The number of carbonyl (C=O) groups excluding carboxylic acids is 2. The van der Waals surface area contributed by atoms with Crippen LogP contribution in [0.1, 0.15) is 66.2 Å². The van der Waals surface area contributed by atoms with E-state index in [4.69, 9.17) is 28.1 Å². The third-order valence-corrected chi connectivity index (χ3v) is 14.8. The molecule has 8 nitrogen and oxygen atoms in total. The maximum atomic E-state index is 14.0. The summed E-state index contributed by atoms with van der Waals surface area (Å²) in [6, 6.07) is 9.79. The van der Waals surface area contributed by atoms with Crippen LogP contribution in [-0.2, 0) is 37.7 Å². The summed E-state index contributed by atoms with van der Waals surface area (Å²) in [5.74, 6) is -0.962. The summed E-state index contributed by atoms with van der Waals surface area (Å²) >= 11 is 0. The van der Waals surface area contributed by atoms with Crippen LogP contribution < -0.4 is 0 Å². The Morgan fingerprint density at radius 3 is 2.31 bits per heavy atom. The maximum Gasteiger partial charge on any atom is 0.317 e. The van der Waals surface area contributed by atoms with Gasteiger partial charge < -0.3 is 28.1 Å². The minimum absolute atomic E-state index is 0.00717. The summed E-state index contributed by atoms with van der Waals surface area (Å²) < 4.78 is 38.3. The van der Waals surface area contributed by atoms with E-state index in [2.05, 4.69) is 46.0 Å². The fourth-order valence-corrected chi connectivity index (χ4v) is 8.27. The molecule has 232 valence electrons. The molecule has 2 bridgehead atoms. The molecule has 0 radical (unpaired) electrons. The molecule has 1 aromatic rings. The van der Waals surface area contributed by atoms with Crippen molar-refractivity contribution in [1.82, 2.24) is 0 Å². The van der Waals surface area contributed by atoms with Crippen molar-refractivity contribution in [2.24, 2.45) is 22.2 Å². The van der Waals surface area contributed by atoms with Gasteiger partial charge in [-0.1, -0.05) is 63.3 Å². The van der Waals surface area contributed by atoms with Crippen LogP contribution in [0.5, 0.6) is 0 Å². The molecule has 0 aromatic heterocycles. The highest BCUT2D eigenvalue weighted by molar-refractivity contribution is 6.74. The molecule has 2 aliphatic carbocycles. The number of rotatable bonds is 7. The van der Waals surface area contributed by atoms with E-state index in [0.29, 0.717) is 12.8 Å². The van der Waals surface area contributed by atoms with Crippen LogP contribution in [0.25, 0.3) is 0 Å². The average Bonchev–Trinajstić information content (AvgIpc) is 3.35. The molecule has 2 saturated heterocycles. The number of benzene rings is 1. The van der Waals surface area contributed by atoms with E-state index in [1.54, 1.807) is 0 Å². The third kappa shape index (κ3) is 5.09. The van der Waals surface area contributed by atoms with Crippen LogP contribution in [-0.4, -0.2) is 65.0 Å². The molecule has 0 unspecified atom stereocenters. The first-order valence-electron chi connectivity index (χ1n) is 15.2. The zero-order chi connectivity index (χ0) is 30.7. The fraction of sp³-hybridized carbons (Fsp3) is 0.697. The van der Waals surface area contributed by atoms with E-state index in [-0.39, 0.29) is 48.3 Å². The van der Waals surface area contributed by atoms with Crippen molar-refractivity contribution >= 4 is 20.3 Å². The molecule has 4 aliphatic rings. The van der Waals surface area contributed by atoms with Crippen LogP contribution in [0, 0.1) is 22.2 Å². The van der Waals surface area contributed by atoms with Crippen LogP contribution in [0.3, 0.4) is 0 Å². The van der Waals surface area contributed by atoms with Gasteiger partial charge in [0.2, 0.25) is 0 Å². The van der Waals surface area contributed by atoms with Gasteiger partial charge in [0.25, 0.3) is 0 Å². The minimum atomic E-state index is -2.20. The Bertz CT molecular complexity index is 1200. The monoisotopic (exact) mass is 600 g/mol. The second kappa shape index (κ2) is 10.8. The molecule has 2 aliphatic heterocycles. The van der Waals surface area contributed by atoms with E-state index in [9.17, 15) is 9.59 Å². The molecule has 42 heavy (non-hydrogen) atoms. The van der Waals surface area contributed by atoms with Crippen LogP contribution >= 0.6 is 0 Å². The Labute approximate surface area is 251 Å². The normalized spacial score (nSPS) is 35.8. The van der Waals surface area contributed by atoms with Crippen molar-refractivity contribution in [3.05, 3.63) is 48.0 Å². The standard InChI is InChI=1S/C33H48O8Si/c1-30(2,3)28(34)37-18-17-32-16-15-22(41-42(8,9)31(4,5)6)25-26(32)33(20-38-25,29(35)36-7)24-19-23(32)39-27(40-24)21-13-11-10-12-14-21/h10-16,22-27H,17-20H2,1-9H3/t22-,23-,24+,25-,26+,27+,32+,33-/m0/s1. The lowest BCUT2D eigenvalue weighted by atomic mass is 9.48. The highest BCUT2D eigenvalue weighted by Crippen LogP contribution is 2.66. The molecule has 0 N–H and O–H groups in total. The first-order chi connectivity index (χ1) is 19.6. The van der Waals surface area contributed by atoms with Gasteiger partial charge in [-0.2, -0.15) is 0 Å². The largest absolute Gasteiger partial charge is 0.468 e. The van der Waals surface area contributed by atoms with Crippen molar-refractivity contribution in [1.29, 1.82) is 0 Å². The van der Waals surface area contributed by atoms with E-state index in [1.807, 2.05) is 51.1 Å². The predicted octanol–water partition coefficient (Wildman–Crippen LogP) is 5.97. The SMILES string of the molecule is COC(=O)[C@@]12CO[C@H]3[C@@H](O[Si](C)(C)C(C)(C)C)C=C[C@@](CCOC(=O)C(C)(C)C)([C@@H]4C[C@H]1O[C@H](c1ccccc1)O4)[C@@H]32. The highest BCUT2D eigenvalue weighted by atomic mass is 28.4. The Hall–Kier alpha value is -2.04. The lowest BCUT2D eigenvalue weighted by Crippen LogP contribution is -2.69. The first-order valence-corrected chi connectivity index (χ1v) is 18.1. The first kappa shape index (κ1) is 31.4. The van der Waals surface area contributed by atoms with Gasteiger partial charge in [-0.3, -0.25) is 9.59 Å². The molecule has 1 aromatic carbocycles. The van der Waals surface area contributed by atoms with Gasteiger partial charge in [-0.05, 0) is 45.3 Å². The predicted molar refractivity (Wildman–Crippen MR) is 160 cm³/mol. The van der Waals surface area contributed by atoms with Gasteiger partial charge >= 0.3 is 11.9 Å². The number of hydrogen-bond acceptors (Lipinski definition) is 8. The third-order valence-electron chi connectivity index (χ3n) is 10.3. The summed E-state index contributed by atoms with van der Waals surface area (Å²) in [6.07, 6.45) is 3.08. The van der Waals surface area contributed by atoms with E-state index in [0.717, 1.165) is 5.56 Å². The molecule has 0 amide bonds. The number of methoxy groups -OCH3 is 1. The molecular formula is C33H48O8Si. The summed E-state index contributed by atoms with van der Waals surface area (Å²) in [5, 5.41) is -0.00717. The van der Waals surface area contributed by atoms with Gasteiger partial charge in [0, 0.05) is 23.3 Å². The molecule has 8 atom stereocenters. The average molecular weight is 601 g/mol. The van der Waals surface area contributed by atoms with Crippen LogP contribution in [0.15, 0.2) is 42.5 Å². The van der Waals surface area contributed by atoms with Gasteiger partial charge in [-0.15, -0.1) is 0 Å². The number of esters is 2. The minimum Gasteiger partial charge on any atom is -0.468 e. The Morgan fingerprint density at radius 2 is 1.69 bits per heavy atom. The number of fused-ring (bicyclic) bond motifs is 4. The van der Waals surface area contributed by atoms with Crippen molar-refractivity contribution in [2.75, 3.05) is 20.3 Å². The molecular weight excluding hydrogens is 552 g/mol. The molecule has 2 heterocycles. The summed E-state index contributed by atoms with van der Waals surface area (Å²) in [5.41, 5.74) is -1.48. The van der Waals surface area contributed by atoms with E-state index in [1.165, 1.54) is 7.11 Å². The lowest BCUT2D eigenvalue weighted by molar-refractivity contribution is -0.327. The Kier molecular flexibility index (Phi) is 8.10. The van der Waals surface area contributed by atoms with Gasteiger partial charge in [0.15, 0.2) is 14.6 Å². The summed E-state index contributed by atoms with van der Waals surface area (Å²) in [7, 11) is -0.766. The number of hydrogen-bond donors (Lipinski definition) is 0. The van der Waals surface area contributed by atoms with Crippen molar-refractivity contribution < 1.29 is 37.7 Å². The van der Waals surface area contributed by atoms with Crippen LogP contribution in [0.4, 0.5) is 0 Å². The second-order valence-corrected chi connectivity index (χ2v) is 19.7. The van der Waals surface area contributed by atoms with Crippen LogP contribution in [0.2, 0.25) is 18.1 Å².